The molecule has 0 saturated heterocycles. The van der Waals surface area contributed by atoms with Crippen LogP contribution in [0.1, 0.15) is 87.5 Å². The molecule has 0 aliphatic heterocycles. The summed E-state index contributed by atoms with van der Waals surface area (Å²) in [6.07, 6.45) is 12.2. The van der Waals surface area contributed by atoms with Crippen molar-refractivity contribution in [2.75, 3.05) is 39.0 Å². The third-order valence-electron chi connectivity index (χ3n) is 7.38. The Kier molecular flexibility index (Phi) is 22.6. The van der Waals surface area contributed by atoms with Crippen LogP contribution in [-0.2, 0) is 37.5 Å². The van der Waals surface area contributed by atoms with E-state index in [2.05, 4.69) is 48.9 Å². The van der Waals surface area contributed by atoms with E-state index in [1.54, 1.807) is 27.7 Å². The molecule has 0 saturated carbocycles. The Hall–Kier alpha value is -2.40. The molecule has 270 valence electrons. The number of methoxy groups -OCH3 is 1. The number of amides is 3. The molecule has 0 fully saturated rings. The van der Waals surface area contributed by atoms with Gasteiger partial charge in [-0.3, -0.25) is 23.5 Å². The Morgan fingerprint density at radius 1 is 0.787 bits per heavy atom. The lowest BCUT2D eigenvalue weighted by Gasteiger charge is -2.28. The molecular formula is C34H60N3O8PS. The summed E-state index contributed by atoms with van der Waals surface area (Å²) in [5.41, 5.74) is 3.68. The highest BCUT2D eigenvalue weighted by molar-refractivity contribution is 7.98. The molecule has 0 spiro atoms. The first kappa shape index (κ1) is 44.6. The average Bonchev–Trinajstić information content (AvgIpc) is 3.01. The summed E-state index contributed by atoms with van der Waals surface area (Å²) in [5, 5.41) is 8.03. The maximum atomic E-state index is 13.3. The molecule has 0 heterocycles. The van der Waals surface area contributed by atoms with Crippen LogP contribution in [0, 0.1) is 11.8 Å². The van der Waals surface area contributed by atoms with E-state index in [1.165, 1.54) is 37.1 Å². The van der Waals surface area contributed by atoms with Crippen LogP contribution >= 0.6 is 19.4 Å². The number of allylic oxidation sites excluding steroid dienone is 6. The van der Waals surface area contributed by atoms with Crippen molar-refractivity contribution in [3.8, 4) is 0 Å². The fourth-order valence-corrected chi connectivity index (χ4v) is 6.04. The monoisotopic (exact) mass is 701 g/mol. The van der Waals surface area contributed by atoms with Gasteiger partial charge in [0.1, 0.15) is 24.7 Å². The lowest BCUT2D eigenvalue weighted by Crippen LogP contribution is -2.58. The van der Waals surface area contributed by atoms with E-state index in [9.17, 15) is 23.7 Å². The maximum Gasteiger partial charge on any atom is 0.334 e. The van der Waals surface area contributed by atoms with E-state index in [0.717, 1.165) is 31.3 Å². The Balaban J connectivity index is 5.26. The lowest BCUT2D eigenvalue weighted by atomic mass is 9.99. The normalized spacial score (nSPS) is 15.3. The van der Waals surface area contributed by atoms with Crippen LogP contribution in [0.2, 0.25) is 0 Å². The average molecular weight is 702 g/mol. The number of ether oxygens (including phenoxy) is 1. The van der Waals surface area contributed by atoms with E-state index >= 15 is 0 Å². The largest absolute Gasteiger partial charge is 0.467 e. The summed E-state index contributed by atoms with van der Waals surface area (Å²) in [4.78, 5) is 51.5. The highest BCUT2D eigenvalue weighted by atomic mass is 32.2. The fraction of sp³-hybridized carbons (Fsp3) is 0.706. The van der Waals surface area contributed by atoms with Gasteiger partial charge in [0.15, 0.2) is 0 Å². The first-order valence-corrected chi connectivity index (χ1v) is 19.3. The van der Waals surface area contributed by atoms with E-state index in [0.29, 0.717) is 12.2 Å². The molecule has 1 unspecified atom stereocenters. The zero-order valence-corrected chi connectivity index (χ0v) is 32.1. The Labute approximate surface area is 287 Å². The summed E-state index contributed by atoms with van der Waals surface area (Å²) < 4.78 is 28.6. The number of nitrogens with one attached hydrogen (secondary N) is 3. The Morgan fingerprint density at radius 2 is 1.32 bits per heavy atom. The maximum absolute atomic E-state index is 13.3. The van der Waals surface area contributed by atoms with Crippen molar-refractivity contribution in [1.82, 2.24) is 16.0 Å². The van der Waals surface area contributed by atoms with Crippen molar-refractivity contribution in [1.29, 1.82) is 0 Å². The number of esters is 1. The zero-order valence-electron chi connectivity index (χ0n) is 30.4. The molecule has 0 radical (unpaired) electrons. The van der Waals surface area contributed by atoms with Crippen molar-refractivity contribution >= 4 is 43.0 Å². The van der Waals surface area contributed by atoms with Crippen molar-refractivity contribution in [3.05, 3.63) is 34.9 Å². The van der Waals surface area contributed by atoms with Crippen molar-refractivity contribution in [2.24, 2.45) is 11.8 Å². The van der Waals surface area contributed by atoms with Crippen LogP contribution in [0.3, 0.4) is 0 Å². The van der Waals surface area contributed by atoms with Crippen LogP contribution in [0.25, 0.3) is 0 Å². The Morgan fingerprint density at radius 3 is 1.83 bits per heavy atom. The molecule has 0 aliphatic carbocycles. The van der Waals surface area contributed by atoms with Gasteiger partial charge >= 0.3 is 13.6 Å². The quantitative estimate of drug-likeness (QED) is 0.0667. The molecule has 3 amide bonds. The van der Waals surface area contributed by atoms with Gasteiger partial charge in [-0.15, -0.1) is 0 Å². The minimum atomic E-state index is -3.61. The van der Waals surface area contributed by atoms with Crippen LogP contribution < -0.4 is 16.0 Å². The molecule has 11 nitrogen and oxygen atoms in total. The number of hydrogen-bond donors (Lipinski definition) is 3. The topological polar surface area (TPSA) is 149 Å². The van der Waals surface area contributed by atoms with Crippen molar-refractivity contribution < 1.29 is 37.5 Å². The van der Waals surface area contributed by atoms with Crippen LogP contribution in [-0.4, -0.2) is 80.8 Å². The predicted octanol–water partition coefficient (Wildman–Crippen LogP) is 5.95. The number of carbonyl (C=O) groups is 4. The second-order valence-electron chi connectivity index (χ2n) is 12.6. The molecule has 4 atom stereocenters. The van der Waals surface area contributed by atoms with E-state index in [1.807, 2.05) is 19.3 Å². The van der Waals surface area contributed by atoms with Crippen LogP contribution in [0.5, 0.6) is 0 Å². The highest BCUT2D eigenvalue weighted by Crippen LogP contribution is 2.47. The second-order valence-corrected chi connectivity index (χ2v) is 15.8. The highest BCUT2D eigenvalue weighted by Gasteiger charge is 2.33. The molecule has 0 bridgehead atoms. The smallest absolute Gasteiger partial charge is 0.334 e. The van der Waals surface area contributed by atoms with Gasteiger partial charge in [-0.25, -0.2) is 4.79 Å². The number of rotatable bonds is 23. The SMILES string of the molecule is COC(=O)[C@H](CCSC)NC(=O)[C@@H](NC(=O)[C@@H](NC(=O)COP(=O)(C/C=C(\C)CC/C=C(\C)CCC=C(C)C)OC)C(C)C)C(C)C. The van der Waals surface area contributed by atoms with Gasteiger partial charge in [0.05, 0.1) is 13.3 Å². The van der Waals surface area contributed by atoms with Gasteiger partial charge < -0.3 is 25.2 Å². The molecular weight excluding hydrogens is 641 g/mol. The van der Waals surface area contributed by atoms with Gasteiger partial charge in [-0.1, -0.05) is 62.6 Å². The third kappa shape index (κ3) is 19.3. The predicted molar refractivity (Wildman–Crippen MR) is 191 cm³/mol. The van der Waals surface area contributed by atoms with Crippen molar-refractivity contribution in [3.63, 3.8) is 0 Å². The zero-order chi connectivity index (χ0) is 36.2. The number of carbonyl (C=O) groups excluding carboxylic acids is 4. The van der Waals surface area contributed by atoms with Gasteiger partial charge in [-0.2, -0.15) is 11.8 Å². The van der Waals surface area contributed by atoms with Gasteiger partial charge in [0.25, 0.3) is 0 Å². The van der Waals surface area contributed by atoms with Gasteiger partial charge in [0.2, 0.25) is 17.7 Å². The van der Waals surface area contributed by atoms with Crippen LogP contribution in [0.15, 0.2) is 34.9 Å². The first-order valence-electron chi connectivity index (χ1n) is 16.2. The Bertz CT molecular complexity index is 1150. The molecule has 0 aromatic carbocycles. The molecule has 0 aromatic heterocycles. The van der Waals surface area contributed by atoms with E-state index < -0.39 is 56.0 Å². The van der Waals surface area contributed by atoms with Crippen molar-refractivity contribution in [2.45, 2.75) is 106 Å². The van der Waals surface area contributed by atoms with E-state index in [-0.39, 0.29) is 18.0 Å². The summed E-state index contributed by atoms with van der Waals surface area (Å²) in [6, 6.07) is -2.82. The molecule has 3 N–H and O–H groups in total. The minimum absolute atomic E-state index is 0.00860. The van der Waals surface area contributed by atoms with E-state index in [4.69, 9.17) is 13.8 Å². The summed E-state index contributed by atoms with van der Waals surface area (Å²) >= 11 is 1.53. The molecule has 13 heteroatoms. The molecule has 0 aliphatic rings. The van der Waals surface area contributed by atoms with Gasteiger partial charge in [0, 0.05) is 7.11 Å². The van der Waals surface area contributed by atoms with Gasteiger partial charge in [-0.05, 0) is 83.6 Å². The number of thioether (sulfide) groups is 1. The summed E-state index contributed by atoms with van der Waals surface area (Å²) in [7, 11) is -1.09. The first-order chi connectivity index (χ1) is 22.0. The number of hydrogen-bond acceptors (Lipinski definition) is 9. The molecule has 0 rings (SSSR count). The van der Waals surface area contributed by atoms with Crippen LogP contribution in [0.4, 0.5) is 0 Å². The minimum Gasteiger partial charge on any atom is -0.467 e. The third-order valence-corrected chi connectivity index (χ3v) is 9.73. The summed E-state index contributed by atoms with van der Waals surface area (Å²) in [5.74, 6) is -2.36. The standard InChI is InChI=1S/C34H60N3O8PS/c1-23(2)14-12-15-26(7)16-13-17-27(8)18-20-46(42,44-10)45-22-29(38)36-30(24(3)4)33(40)37-31(25(5)6)32(39)35-28(19-21-47-11)34(41)43-9/h14,16,18,24-25,28,30-31H,12-13,15,17,19-22H2,1-11H3,(H,35,39)(H,36,38)(H,37,40)/b26-16+,27-18+/t28-,30-,31-,46?/m0/s1. The lowest BCUT2D eigenvalue weighted by molar-refractivity contribution is -0.145. The molecule has 47 heavy (non-hydrogen) atoms. The second kappa shape index (κ2) is 23.8. The molecule has 0 aromatic rings. The summed E-state index contributed by atoms with van der Waals surface area (Å²) in [6.45, 7) is 14.7. The fourth-order valence-electron chi connectivity index (χ4n) is 4.36.